The molecule has 2 aliphatic heterocycles. The van der Waals surface area contributed by atoms with Gasteiger partial charge in [-0.2, -0.15) is 5.26 Å². The van der Waals surface area contributed by atoms with Crippen molar-refractivity contribution in [2.45, 2.75) is 44.7 Å². The lowest BCUT2D eigenvalue weighted by atomic mass is 9.57. The third-order valence-electron chi connectivity index (χ3n) is 8.23. The van der Waals surface area contributed by atoms with E-state index in [-0.39, 0.29) is 16.6 Å². The van der Waals surface area contributed by atoms with E-state index in [0.29, 0.717) is 12.5 Å². The molecule has 1 spiro atoms. The molecule has 4 aliphatic rings. The Bertz CT molecular complexity index is 1340. The monoisotopic (exact) mass is 489 g/mol. The van der Waals surface area contributed by atoms with E-state index in [9.17, 15) is 9.65 Å². The molecule has 2 aliphatic carbocycles. The van der Waals surface area contributed by atoms with Crippen LogP contribution in [0.5, 0.6) is 0 Å². The number of hydrogen-bond donors (Lipinski definition) is 0. The van der Waals surface area contributed by atoms with Crippen molar-refractivity contribution in [2.24, 2.45) is 10.8 Å². The van der Waals surface area contributed by atoms with Crippen molar-refractivity contribution >= 4 is 17.4 Å². The first-order valence-corrected chi connectivity index (χ1v) is 12.6. The minimum Gasteiger partial charge on any atom is -0.355 e. The average molecular weight is 490 g/mol. The zero-order chi connectivity index (χ0) is 23.8. The predicted octanol–water partition coefficient (Wildman–Crippen LogP) is 4.46. The zero-order valence-electron chi connectivity index (χ0n) is 19.3. The molecule has 0 unspecified atom stereocenters. The highest BCUT2D eigenvalue weighted by Gasteiger charge is 2.54. The van der Waals surface area contributed by atoms with Gasteiger partial charge in [-0.1, -0.05) is 11.6 Å². The van der Waals surface area contributed by atoms with Gasteiger partial charge < -0.3 is 4.90 Å². The lowest BCUT2D eigenvalue weighted by molar-refractivity contribution is 0.0581. The van der Waals surface area contributed by atoms with Crippen LogP contribution in [0.25, 0.3) is 5.69 Å². The SMILES string of the molecule is N#CC1(CN2Cc3cc(Cl)ccc3-n3c(nnc3C3CC4(C3)CN(c3ccc(F)cn3)C4)C2)CC1. The van der Waals surface area contributed by atoms with Crippen molar-refractivity contribution in [1.29, 1.82) is 5.26 Å². The van der Waals surface area contributed by atoms with Gasteiger partial charge in [-0.15, -0.1) is 10.2 Å². The molecular formula is C26H25ClFN7. The molecule has 2 aromatic heterocycles. The van der Waals surface area contributed by atoms with Crippen LogP contribution in [0.2, 0.25) is 5.02 Å². The number of halogens is 2. The molecule has 0 radical (unpaired) electrons. The first-order valence-electron chi connectivity index (χ1n) is 12.2. The van der Waals surface area contributed by atoms with Crippen LogP contribution in [0.1, 0.15) is 48.8 Å². The van der Waals surface area contributed by atoms with Crippen LogP contribution in [0.15, 0.2) is 36.5 Å². The molecule has 35 heavy (non-hydrogen) atoms. The lowest BCUT2D eigenvalue weighted by Crippen LogP contribution is -2.62. The van der Waals surface area contributed by atoms with Gasteiger partial charge in [0.25, 0.3) is 0 Å². The molecule has 4 heterocycles. The van der Waals surface area contributed by atoms with E-state index in [2.05, 4.69) is 41.7 Å². The van der Waals surface area contributed by atoms with Gasteiger partial charge in [0.05, 0.1) is 29.9 Å². The summed E-state index contributed by atoms with van der Waals surface area (Å²) in [4.78, 5) is 8.77. The van der Waals surface area contributed by atoms with Gasteiger partial charge in [0, 0.05) is 42.5 Å². The molecule has 0 amide bonds. The Labute approximate surface area is 208 Å². The molecule has 0 bridgehead atoms. The van der Waals surface area contributed by atoms with Crippen molar-refractivity contribution in [2.75, 3.05) is 24.5 Å². The first kappa shape index (κ1) is 21.3. The molecule has 7 nitrogen and oxygen atoms in total. The number of nitrogens with zero attached hydrogens (tertiary/aromatic N) is 7. The summed E-state index contributed by atoms with van der Waals surface area (Å²) in [6.45, 7) is 4.05. The standard InChI is InChI=1S/C26H25ClFN7/c27-19-1-3-21-17(7-19)11-33(14-25(13-29)5-6-25)12-23-31-32-24(35(21)23)18-8-26(9-18)15-34(16-26)22-4-2-20(28)10-30-22/h1-4,7,10,18H,5-6,8-9,11-12,14-16H2. The van der Waals surface area contributed by atoms with Gasteiger partial charge in [-0.25, -0.2) is 9.37 Å². The Kier molecular flexibility index (Phi) is 4.55. The van der Waals surface area contributed by atoms with E-state index >= 15 is 0 Å². The molecule has 7 rings (SSSR count). The van der Waals surface area contributed by atoms with Gasteiger partial charge in [0.1, 0.15) is 17.5 Å². The fourth-order valence-electron chi connectivity index (χ4n) is 6.26. The predicted molar refractivity (Wildman–Crippen MR) is 129 cm³/mol. The maximum absolute atomic E-state index is 13.2. The maximum Gasteiger partial charge on any atom is 0.151 e. The number of hydrogen-bond acceptors (Lipinski definition) is 6. The molecule has 178 valence electrons. The highest BCUT2D eigenvalue weighted by atomic mass is 35.5. The maximum atomic E-state index is 13.2. The zero-order valence-corrected chi connectivity index (χ0v) is 20.0. The summed E-state index contributed by atoms with van der Waals surface area (Å²) in [6, 6.07) is 11.8. The Morgan fingerprint density at radius 1 is 1.11 bits per heavy atom. The van der Waals surface area contributed by atoms with Crippen LogP contribution in [0.4, 0.5) is 10.2 Å². The van der Waals surface area contributed by atoms with Crippen molar-refractivity contribution in [1.82, 2.24) is 24.6 Å². The fourth-order valence-corrected chi connectivity index (χ4v) is 6.45. The molecule has 2 saturated carbocycles. The van der Waals surface area contributed by atoms with E-state index in [1.54, 1.807) is 6.07 Å². The smallest absolute Gasteiger partial charge is 0.151 e. The summed E-state index contributed by atoms with van der Waals surface area (Å²) in [5, 5.41) is 19.7. The summed E-state index contributed by atoms with van der Waals surface area (Å²) in [6.07, 6.45) is 5.34. The lowest BCUT2D eigenvalue weighted by Gasteiger charge is -2.59. The van der Waals surface area contributed by atoms with Crippen LogP contribution >= 0.6 is 11.6 Å². The third-order valence-corrected chi connectivity index (χ3v) is 8.46. The van der Waals surface area contributed by atoms with E-state index in [4.69, 9.17) is 11.6 Å². The van der Waals surface area contributed by atoms with Gasteiger partial charge in [0.2, 0.25) is 0 Å². The van der Waals surface area contributed by atoms with Crippen molar-refractivity contribution < 1.29 is 4.39 Å². The van der Waals surface area contributed by atoms with Gasteiger partial charge in [-0.05, 0) is 61.6 Å². The van der Waals surface area contributed by atoms with Crippen LogP contribution in [-0.4, -0.2) is 44.3 Å². The summed E-state index contributed by atoms with van der Waals surface area (Å²) in [7, 11) is 0. The van der Waals surface area contributed by atoms with Crippen molar-refractivity contribution in [3.05, 3.63) is 64.6 Å². The molecule has 0 atom stereocenters. The minimum absolute atomic E-state index is 0.216. The van der Waals surface area contributed by atoms with Crippen molar-refractivity contribution in [3.8, 4) is 11.8 Å². The summed E-state index contributed by atoms with van der Waals surface area (Å²) >= 11 is 6.39. The summed E-state index contributed by atoms with van der Waals surface area (Å²) < 4.78 is 15.5. The first-order chi connectivity index (χ1) is 16.9. The Balaban J connectivity index is 1.13. The average Bonchev–Trinajstić information content (AvgIpc) is 3.48. The molecule has 3 fully saturated rings. The Morgan fingerprint density at radius 2 is 1.94 bits per heavy atom. The van der Waals surface area contributed by atoms with Gasteiger partial charge >= 0.3 is 0 Å². The van der Waals surface area contributed by atoms with Gasteiger partial charge in [0.15, 0.2) is 5.82 Å². The number of benzene rings is 1. The molecular weight excluding hydrogens is 465 g/mol. The van der Waals surface area contributed by atoms with E-state index in [1.165, 1.54) is 12.3 Å². The number of fused-ring (bicyclic) bond motifs is 3. The second-order valence-corrected chi connectivity index (χ2v) is 11.4. The van der Waals surface area contributed by atoms with Crippen LogP contribution in [-0.2, 0) is 13.1 Å². The number of aromatic nitrogens is 4. The Hall–Kier alpha value is -3.02. The highest BCUT2D eigenvalue weighted by molar-refractivity contribution is 6.30. The Morgan fingerprint density at radius 3 is 2.66 bits per heavy atom. The van der Waals surface area contributed by atoms with Crippen LogP contribution in [0, 0.1) is 28.0 Å². The second kappa shape index (κ2) is 7.49. The van der Waals surface area contributed by atoms with E-state index in [0.717, 1.165) is 85.6 Å². The minimum atomic E-state index is -0.305. The largest absolute Gasteiger partial charge is 0.355 e. The second-order valence-electron chi connectivity index (χ2n) is 10.9. The topological polar surface area (TPSA) is 73.9 Å². The summed E-state index contributed by atoms with van der Waals surface area (Å²) in [5.41, 5.74) is 2.31. The quantitative estimate of drug-likeness (QED) is 0.538. The molecule has 1 saturated heterocycles. The summed E-state index contributed by atoms with van der Waals surface area (Å²) in [5.74, 6) is 2.84. The van der Waals surface area contributed by atoms with E-state index < -0.39 is 0 Å². The molecule has 0 N–H and O–H groups in total. The molecule has 9 heteroatoms. The van der Waals surface area contributed by atoms with Crippen LogP contribution in [0.3, 0.4) is 0 Å². The normalized spacial score (nSPS) is 21.9. The van der Waals surface area contributed by atoms with E-state index in [1.807, 2.05) is 12.1 Å². The number of rotatable bonds is 4. The van der Waals surface area contributed by atoms with Crippen molar-refractivity contribution in [3.63, 3.8) is 0 Å². The molecule has 3 aromatic rings. The van der Waals surface area contributed by atoms with Gasteiger partial charge in [-0.3, -0.25) is 9.47 Å². The molecule has 1 aromatic carbocycles. The van der Waals surface area contributed by atoms with Crippen LogP contribution < -0.4 is 4.90 Å². The number of nitriles is 1. The third kappa shape index (κ3) is 3.52. The highest BCUT2D eigenvalue weighted by Crippen LogP contribution is 2.56. The number of pyridine rings is 1. The number of anilines is 1. The fraction of sp³-hybridized carbons (Fsp3) is 0.462.